The molecule has 0 bridgehead atoms. The van der Waals surface area contributed by atoms with Crippen LogP contribution in [0.25, 0.3) is 0 Å². The van der Waals surface area contributed by atoms with Gasteiger partial charge in [0.25, 0.3) is 0 Å². The van der Waals surface area contributed by atoms with E-state index in [0.717, 1.165) is 26.2 Å². The lowest BCUT2D eigenvalue weighted by molar-refractivity contribution is 0.167. The van der Waals surface area contributed by atoms with Gasteiger partial charge < -0.3 is 5.32 Å². The summed E-state index contributed by atoms with van der Waals surface area (Å²) in [5.74, 6) is -0.890. The molecule has 1 saturated heterocycles. The molecule has 0 aliphatic carbocycles. The number of piperazine rings is 1. The lowest BCUT2D eigenvalue weighted by Gasteiger charge is -2.35. The van der Waals surface area contributed by atoms with E-state index < -0.39 is 11.6 Å². The van der Waals surface area contributed by atoms with Gasteiger partial charge in [0, 0.05) is 37.8 Å². The Morgan fingerprint density at radius 2 is 1.90 bits per heavy atom. The highest BCUT2D eigenvalue weighted by Crippen LogP contribution is 2.30. The summed E-state index contributed by atoms with van der Waals surface area (Å²) in [6, 6.07) is 2.57. The van der Waals surface area contributed by atoms with Gasteiger partial charge in [-0.25, -0.2) is 8.78 Å². The number of nitrogens with zero attached hydrogens (tertiary/aromatic N) is 1. The average molecular weight is 339 g/mol. The monoisotopic (exact) mass is 338 g/mol. The molecule has 0 unspecified atom stereocenters. The van der Waals surface area contributed by atoms with Crippen molar-refractivity contribution in [3.63, 3.8) is 0 Å². The van der Waals surface area contributed by atoms with Gasteiger partial charge in [0.2, 0.25) is 0 Å². The minimum absolute atomic E-state index is 0. The predicted octanol–water partition coefficient (Wildman–Crippen LogP) is 3.64. The molecule has 0 spiro atoms. The zero-order valence-electron chi connectivity index (χ0n) is 12.1. The summed E-state index contributed by atoms with van der Waals surface area (Å²) >= 11 is 0. The molecule has 120 valence electrons. The third-order valence-corrected chi connectivity index (χ3v) is 3.64. The van der Waals surface area contributed by atoms with E-state index in [1.165, 1.54) is 12.1 Å². The molecule has 2 nitrogen and oxygen atoms in total. The average Bonchev–Trinajstić information content (AvgIpc) is 2.43. The van der Waals surface area contributed by atoms with Gasteiger partial charge in [0.05, 0.1) is 0 Å². The maximum absolute atomic E-state index is 14.3. The van der Waals surface area contributed by atoms with Crippen LogP contribution in [0.5, 0.6) is 0 Å². The molecular formula is C15H22Cl2F2N2. The maximum Gasteiger partial charge on any atom is 0.133 e. The highest BCUT2D eigenvalue weighted by atomic mass is 35.5. The molecule has 0 saturated carbocycles. The molecule has 1 aliphatic rings. The van der Waals surface area contributed by atoms with Gasteiger partial charge in [0.15, 0.2) is 0 Å². The molecule has 1 aromatic rings. The largest absolute Gasteiger partial charge is 0.314 e. The van der Waals surface area contributed by atoms with E-state index in [4.69, 9.17) is 0 Å². The minimum atomic E-state index is -0.464. The van der Waals surface area contributed by atoms with Crippen LogP contribution in [0.4, 0.5) is 8.78 Å². The summed E-state index contributed by atoms with van der Waals surface area (Å²) in [7, 11) is 0. The van der Waals surface area contributed by atoms with Gasteiger partial charge in [0.1, 0.15) is 11.6 Å². The van der Waals surface area contributed by atoms with Gasteiger partial charge in [-0.15, -0.1) is 31.4 Å². The Morgan fingerprint density at radius 1 is 1.29 bits per heavy atom. The highest BCUT2D eigenvalue weighted by molar-refractivity contribution is 5.85. The van der Waals surface area contributed by atoms with E-state index in [2.05, 4.69) is 16.8 Å². The minimum Gasteiger partial charge on any atom is -0.314 e. The number of halogens is 4. The van der Waals surface area contributed by atoms with E-state index in [-0.39, 0.29) is 36.4 Å². The van der Waals surface area contributed by atoms with Crippen molar-refractivity contribution in [2.75, 3.05) is 26.2 Å². The first kappa shape index (κ1) is 20.3. The van der Waals surface area contributed by atoms with Crippen molar-refractivity contribution in [2.24, 2.45) is 0 Å². The van der Waals surface area contributed by atoms with Crippen molar-refractivity contribution < 1.29 is 8.78 Å². The van der Waals surface area contributed by atoms with Crippen LogP contribution >= 0.6 is 24.8 Å². The van der Waals surface area contributed by atoms with Gasteiger partial charge >= 0.3 is 0 Å². The molecule has 2 rings (SSSR count). The Hall–Kier alpha value is -0.680. The first-order valence-corrected chi connectivity index (χ1v) is 6.65. The van der Waals surface area contributed by atoms with Crippen molar-refractivity contribution in [3.8, 4) is 0 Å². The van der Waals surface area contributed by atoms with Crippen LogP contribution in [0.2, 0.25) is 0 Å². The molecule has 0 aromatic heterocycles. The summed E-state index contributed by atoms with van der Waals surface area (Å²) in [5.41, 5.74) is 0.669. The van der Waals surface area contributed by atoms with E-state index in [1.807, 2.05) is 0 Å². The molecule has 6 heteroatoms. The fraction of sp³-hybridized carbons (Fsp3) is 0.467. The van der Waals surface area contributed by atoms with Crippen molar-refractivity contribution in [2.45, 2.75) is 19.4 Å². The van der Waals surface area contributed by atoms with Crippen molar-refractivity contribution in [3.05, 3.63) is 47.5 Å². The van der Waals surface area contributed by atoms with Gasteiger partial charge in [-0.3, -0.25) is 4.90 Å². The van der Waals surface area contributed by atoms with Crippen LogP contribution in [0.15, 0.2) is 24.8 Å². The number of aryl methyl sites for hydroxylation is 1. The quantitative estimate of drug-likeness (QED) is 0.843. The second-order valence-electron chi connectivity index (χ2n) is 4.92. The molecule has 1 heterocycles. The normalized spacial score (nSPS) is 16.5. The van der Waals surface area contributed by atoms with Gasteiger partial charge in [-0.05, 0) is 25.0 Å². The first-order chi connectivity index (χ1) is 9.15. The third-order valence-electron chi connectivity index (χ3n) is 3.64. The molecule has 1 N–H and O–H groups in total. The zero-order valence-corrected chi connectivity index (χ0v) is 13.7. The molecular weight excluding hydrogens is 317 g/mol. The Morgan fingerprint density at radius 3 is 2.48 bits per heavy atom. The summed E-state index contributed by atoms with van der Waals surface area (Å²) in [5, 5.41) is 3.25. The van der Waals surface area contributed by atoms with Crippen molar-refractivity contribution in [1.82, 2.24) is 10.2 Å². The van der Waals surface area contributed by atoms with Gasteiger partial charge in [-0.2, -0.15) is 0 Å². The lowest BCUT2D eigenvalue weighted by atomic mass is 9.98. The SMILES string of the molecule is C=CC[C@H](c1c(F)ccc(C)c1F)N1CCNCC1.Cl.Cl. The fourth-order valence-corrected chi connectivity index (χ4v) is 2.58. The Balaban J connectivity index is 0.00000200. The summed E-state index contributed by atoms with van der Waals surface area (Å²) in [6.07, 6.45) is 2.28. The Labute approximate surface area is 137 Å². The number of rotatable bonds is 4. The van der Waals surface area contributed by atoms with E-state index in [9.17, 15) is 8.78 Å². The topological polar surface area (TPSA) is 15.3 Å². The zero-order chi connectivity index (χ0) is 13.8. The summed E-state index contributed by atoms with van der Waals surface area (Å²) in [4.78, 5) is 2.12. The Bertz CT molecular complexity index is 463. The highest BCUT2D eigenvalue weighted by Gasteiger charge is 2.27. The van der Waals surface area contributed by atoms with Crippen LogP contribution in [-0.4, -0.2) is 31.1 Å². The van der Waals surface area contributed by atoms with Crippen LogP contribution in [0.1, 0.15) is 23.6 Å². The van der Waals surface area contributed by atoms with Crippen molar-refractivity contribution >= 4 is 24.8 Å². The smallest absolute Gasteiger partial charge is 0.133 e. The predicted molar refractivity (Wildman–Crippen MR) is 87.6 cm³/mol. The maximum atomic E-state index is 14.3. The van der Waals surface area contributed by atoms with Crippen LogP contribution in [0.3, 0.4) is 0 Å². The number of hydrogen-bond donors (Lipinski definition) is 1. The molecule has 1 atom stereocenters. The fourth-order valence-electron chi connectivity index (χ4n) is 2.58. The second-order valence-corrected chi connectivity index (χ2v) is 4.92. The molecule has 21 heavy (non-hydrogen) atoms. The molecule has 1 fully saturated rings. The number of benzene rings is 1. The van der Waals surface area contributed by atoms with Crippen LogP contribution in [-0.2, 0) is 0 Å². The molecule has 0 amide bonds. The van der Waals surface area contributed by atoms with Crippen LogP contribution in [0, 0.1) is 18.6 Å². The number of hydrogen-bond acceptors (Lipinski definition) is 2. The molecule has 1 aromatic carbocycles. The van der Waals surface area contributed by atoms with E-state index >= 15 is 0 Å². The standard InChI is InChI=1S/C15H20F2N2.2ClH/c1-3-4-13(19-9-7-18-8-10-19)14-12(16)6-5-11(2)15(14)17;;/h3,5-6,13,18H,1,4,7-10H2,2H3;2*1H/t13-;;/m1../s1. The van der Waals surface area contributed by atoms with E-state index in [1.54, 1.807) is 13.0 Å². The van der Waals surface area contributed by atoms with E-state index in [0.29, 0.717) is 12.0 Å². The summed E-state index contributed by atoms with van der Waals surface area (Å²) < 4.78 is 28.3. The molecule has 1 aliphatic heterocycles. The lowest BCUT2D eigenvalue weighted by Crippen LogP contribution is -2.45. The van der Waals surface area contributed by atoms with Crippen LogP contribution < -0.4 is 5.32 Å². The molecule has 0 radical (unpaired) electrons. The Kier molecular flexibility index (Phi) is 9.06. The van der Waals surface area contributed by atoms with Crippen molar-refractivity contribution in [1.29, 1.82) is 0 Å². The third kappa shape index (κ3) is 4.65. The first-order valence-electron chi connectivity index (χ1n) is 6.65. The number of nitrogens with one attached hydrogen (secondary N) is 1. The second kappa shape index (κ2) is 9.36. The van der Waals surface area contributed by atoms with Gasteiger partial charge in [-0.1, -0.05) is 12.1 Å². The summed E-state index contributed by atoms with van der Waals surface area (Å²) in [6.45, 7) is 8.68.